The number of Topliss-reactive ketones (excluding diaryl/α,β-unsaturated/α-hetero) is 1. The van der Waals surface area contributed by atoms with Crippen LogP contribution in [0.3, 0.4) is 0 Å². The van der Waals surface area contributed by atoms with Crippen LogP contribution in [0.5, 0.6) is 0 Å². The molecule has 1 saturated heterocycles. The molecular formula is C36H42N4O4S. The summed E-state index contributed by atoms with van der Waals surface area (Å²) in [5.41, 5.74) is 5.58. The normalized spacial score (nSPS) is 15.9. The third-order valence-corrected chi connectivity index (χ3v) is 9.92. The number of allylic oxidation sites excluding steroid dienone is 4. The zero-order valence-electron chi connectivity index (χ0n) is 26.6. The van der Waals surface area contributed by atoms with Gasteiger partial charge in [-0.3, -0.25) is 14.4 Å². The lowest BCUT2D eigenvalue weighted by Crippen LogP contribution is -2.39. The Hall–Kier alpha value is -4.08. The van der Waals surface area contributed by atoms with Crippen molar-refractivity contribution in [2.24, 2.45) is 5.92 Å². The predicted molar refractivity (Wildman–Crippen MR) is 181 cm³/mol. The van der Waals surface area contributed by atoms with Crippen molar-refractivity contribution >= 4 is 46.0 Å². The minimum Gasteiger partial charge on any atom is -0.384 e. The molecule has 1 aliphatic carbocycles. The standard InChI is InChI=1S/C36H42N4O4S/c1-5-26(29-10-8-11-30(23(29)2)39-35(42)33-20-27-9-6-7-12-32(27)45-33)19-31(24(3)41)38-34-14-13-28(21-37-34)36(43)40-17-15-25(16-18-40)22-44-4/h5,8,10-11,13-14,19-21,25H,6-7,9,12,15-18,22H2,1-4H3,(H,37,38)(H,39,42)/b26-5?,31-19+. The zero-order valence-corrected chi connectivity index (χ0v) is 27.4. The number of piperidine rings is 1. The van der Waals surface area contributed by atoms with Crippen molar-refractivity contribution in [3.05, 3.63) is 92.5 Å². The van der Waals surface area contributed by atoms with Crippen LogP contribution in [0.2, 0.25) is 0 Å². The molecule has 0 saturated carbocycles. The van der Waals surface area contributed by atoms with Crippen LogP contribution in [0, 0.1) is 12.8 Å². The van der Waals surface area contributed by atoms with Crippen molar-refractivity contribution in [3.63, 3.8) is 0 Å². The van der Waals surface area contributed by atoms with Gasteiger partial charge in [0.15, 0.2) is 5.78 Å². The zero-order chi connectivity index (χ0) is 31.9. The molecule has 9 heteroatoms. The molecular weight excluding hydrogens is 584 g/mol. The van der Waals surface area contributed by atoms with Gasteiger partial charge in [-0.1, -0.05) is 18.2 Å². The van der Waals surface area contributed by atoms with Crippen LogP contribution >= 0.6 is 11.3 Å². The number of likely N-dealkylation sites (tertiary alicyclic amines) is 1. The van der Waals surface area contributed by atoms with Crippen LogP contribution in [0.4, 0.5) is 11.5 Å². The average Bonchev–Trinajstić information content (AvgIpc) is 3.49. The number of nitrogens with zero attached hydrogens (tertiary/aromatic N) is 2. The highest BCUT2D eigenvalue weighted by Gasteiger charge is 2.24. The summed E-state index contributed by atoms with van der Waals surface area (Å²) in [7, 11) is 1.71. The minimum absolute atomic E-state index is 0.0374. The van der Waals surface area contributed by atoms with Crippen molar-refractivity contribution in [1.82, 2.24) is 9.88 Å². The second-order valence-electron chi connectivity index (χ2n) is 11.8. The highest BCUT2D eigenvalue weighted by Crippen LogP contribution is 2.32. The molecule has 1 fully saturated rings. The van der Waals surface area contributed by atoms with E-state index in [1.165, 1.54) is 30.2 Å². The largest absolute Gasteiger partial charge is 0.384 e. The van der Waals surface area contributed by atoms with E-state index in [0.29, 0.717) is 36.1 Å². The SMILES string of the molecule is CC=C(/C=C(/Nc1ccc(C(=O)N2CCC(COC)CC2)cn1)C(C)=O)c1cccc(NC(=O)c2cc3c(s2)CCCC3)c1C. The first-order valence-corrected chi connectivity index (χ1v) is 16.5. The Morgan fingerprint density at radius 1 is 1.09 bits per heavy atom. The molecule has 1 aliphatic heterocycles. The lowest BCUT2D eigenvalue weighted by Gasteiger charge is -2.31. The fraction of sp³-hybridized carbons (Fsp3) is 0.389. The molecule has 45 heavy (non-hydrogen) atoms. The van der Waals surface area contributed by atoms with E-state index in [1.807, 2.05) is 49.1 Å². The topological polar surface area (TPSA) is 101 Å². The van der Waals surface area contributed by atoms with Gasteiger partial charge in [0.25, 0.3) is 11.8 Å². The van der Waals surface area contributed by atoms with E-state index in [2.05, 4.69) is 15.6 Å². The number of amides is 2. The molecule has 0 atom stereocenters. The van der Waals surface area contributed by atoms with E-state index in [4.69, 9.17) is 4.74 Å². The fourth-order valence-corrected chi connectivity index (χ4v) is 7.17. The molecule has 2 N–H and O–H groups in total. The average molecular weight is 627 g/mol. The predicted octanol–water partition coefficient (Wildman–Crippen LogP) is 7.07. The fourth-order valence-electron chi connectivity index (χ4n) is 6.02. The van der Waals surface area contributed by atoms with E-state index in [9.17, 15) is 14.4 Å². The Labute approximate surface area is 269 Å². The highest BCUT2D eigenvalue weighted by molar-refractivity contribution is 7.14. The third-order valence-electron chi connectivity index (χ3n) is 8.68. The second-order valence-corrected chi connectivity index (χ2v) is 12.9. The van der Waals surface area contributed by atoms with Gasteiger partial charge in [0.05, 0.1) is 16.1 Å². The van der Waals surface area contributed by atoms with E-state index < -0.39 is 0 Å². The minimum atomic E-state index is -0.154. The van der Waals surface area contributed by atoms with Gasteiger partial charge in [-0.25, -0.2) is 4.98 Å². The maximum Gasteiger partial charge on any atom is 0.265 e. The number of carbonyl (C=O) groups excluding carboxylic acids is 3. The number of anilines is 2. The number of nitrogens with one attached hydrogen (secondary N) is 2. The Morgan fingerprint density at radius 2 is 1.87 bits per heavy atom. The van der Waals surface area contributed by atoms with Crippen molar-refractivity contribution in [3.8, 4) is 0 Å². The molecule has 5 rings (SSSR count). The number of aromatic nitrogens is 1. The van der Waals surface area contributed by atoms with Crippen LogP contribution in [0.15, 0.2) is 60.4 Å². The first-order chi connectivity index (χ1) is 21.8. The summed E-state index contributed by atoms with van der Waals surface area (Å²) < 4.78 is 5.26. The van der Waals surface area contributed by atoms with E-state index in [1.54, 1.807) is 42.9 Å². The summed E-state index contributed by atoms with van der Waals surface area (Å²) in [5.74, 6) is 0.674. The number of rotatable bonds is 10. The maximum absolute atomic E-state index is 13.2. The van der Waals surface area contributed by atoms with E-state index >= 15 is 0 Å². The molecule has 0 bridgehead atoms. The number of ether oxygens (including phenoxy) is 1. The van der Waals surface area contributed by atoms with Crippen LogP contribution in [-0.2, 0) is 22.4 Å². The van der Waals surface area contributed by atoms with Crippen LogP contribution < -0.4 is 10.6 Å². The lowest BCUT2D eigenvalue weighted by molar-refractivity contribution is -0.113. The Morgan fingerprint density at radius 3 is 2.53 bits per heavy atom. The Balaban J connectivity index is 1.28. The maximum atomic E-state index is 13.2. The molecule has 2 amide bonds. The number of fused-ring (bicyclic) bond motifs is 1. The lowest BCUT2D eigenvalue weighted by atomic mass is 9.97. The van der Waals surface area contributed by atoms with Crippen molar-refractivity contribution in [2.45, 2.75) is 59.3 Å². The molecule has 3 aromatic rings. The van der Waals surface area contributed by atoms with Crippen molar-refractivity contribution in [2.75, 3.05) is 37.4 Å². The van der Waals surface area contributed by atoms with Crippen LogP contribution in [-0.4, -0.2) is 54.3 Å². The molecule has 2 aromatic heterocycles. The third kappa shape index (κ3) is 7.78. The van der Waals surface area contributed by atoms with Gasteiger partial charge in [-0.2, -0.15) is 0 Å². The summed E-state index contributed by atoms with van der Waals surface area (Å²) in [5, 5.41) is 6.25. The highest BCUT2D eigenvalue weighted by atomic mass is 32.1. The number of thiophene rings is 1. The Kier molecular flexibility index (Phi) is 10.6. The molecule has 0 spiro atoms. The molecule has 0 unspecified atom stereocenters. The van der Waals surface area contributed by atoms with Gasteiger partial charge in [0.2, 0.25) is 0 Å². The number of carbonyl (C=O) groups is 3. The van der Waals surface area contributed by atoms with Crippen LogP contribution in [0.1, 0.15) is 81.1 Å². The number of ketones is 1. The second kappa shape index (κ2) is 14.8. The number of pyridine rings is 1. The number of hydrogen-bond donors (Lipinski definition) is 2. The molecule has 0 radical (unpaired) electrons. The van der Waals surface area contributed by atoms with Gasteiger partial charge >= 0.3 is 0 Å². The van der Waals surface area contributed by atoms with Gasteiger partial charge in [-0.15, -0.1) is 11.3 Å². The van der Waals surface area contributed by atoms with Crippen LogP contribution in [0.25, 0.3) is 5.57 Å². The van der Waals surface area contributed by atoms with Gasteiger partial charge in [0.1, 0.15) is 5.82 Å². The summed E-state index contributed by atoms with van der Waals surface area (Å²) in [6.45, 7) is 7.53. The number of aryl methyl sites for hydroxylation is 2. The molecule has 2 aliphatic rings. The summed E-state index contributed by atoms with van der Waals surface area (Å²) in [6, 6.07) is 11.3. The van der Waals surface area contributed by atoms with Crippen molar-refractivity contribution in [1.29, 1.82) is 0 Å². The van der Waals surface area contributed by atoms with Gasteiger partial charge in [0, 0.05) is 50.5 Å². The van der Waals surface area contributed by atoms with Gasteiger partial charge < -0.3 is 20.3 Å². The summed E-state index contributed by atoms with van der Waals surface area (Å²) in [4.78, 5) is 47.3. The first-order valence-electron chi connectivity index (χ1n) is 15.7. The first kappa shape index (κ1) is 32.3. The quantitative estimate of drug-likeness (QED) is 0.184. The monoisotopic (exact) mass is 626 g/mol. The Bertz CT molecular complexity index is 1590. The molecule has 8 nitrogen and oxygen atoms in total. The molecule has 236 valence electrons. The summed E-state index contributed by atoms with van der Waals surface area (Å²) in [6.07, 6.45) is 11.6. The van der Waals surface area contributed by atoms with Gasteiger partial charge in [-0.05, 0) is 111 Å². The molecule has 3 heterocycles. The van der Waals surface area contributed by atoms with E-state index in [-0.39, 0.29) is 17.6 Å². The number of methoxy groups -OCH3 is 1. The smallest absolute Gasteiger partial charge is 0.265 e. The number of hydrogen-bond acceptors (Lipinski definition) is 7. The number of benzene rings is 1. The summed E-state index contributed by atoms with van der Waals surface area (Å²) >= 11 is 1.60. The molecule has 1 aromatic carbocycles. The van der Waals surface area contributed by atoms with Crippen molar-refractivity contribution < 1.29 is 19.1 Å². The van der Waals surface area contributed by atoms with E-state index in [0.717, 1.165) is 59.6 Å².